The fourth-order valence-corrected chi connectivity index (χ4v) is 3.99. The predicted octanol–water partition coefficient (Wildman–Crippen LogP) is 2.85. The molecule has 27 heavy (non-hydrogen) atoms. The number of aliphatic hydroxyl groups is 1. The fourth-order valence-electron chi connectivity index (χ4n) is 3.99. The summed E-state index contributed by atoms with van der Waals surface area (Å²) in [5, 5.41) is 13.5. The molecule has 2 heterocycles. The number of pyridine rings is 1. The van der Waals surface area contributed by atoms with Crippen LogP contribution in [0.3, 0.4) is 0 Å². The number of hydrogen-bond acceptors (Lipinski definition) is 4. The number of aliphatic hydroxyl groups excluding tert-OH is 1. The average Bonchev–Trinajstić information content (AvgIpc) is 3.50. The van der Waals surface area contributed by atoms with E-state index >= 15 is 0 Å². The molecular weight excluding hydrogens is 340 g/mol. The number of urea groups is 1. The van der Waals surface area contributed by atoms with Gasteiger partial charge in [0.15, 0.2) is 0 Å². The molecule has 2 amide bonds. The van der Waals surface area contributed by atoms with Crippen molar-refractivity contribution in [3.05, 3.63) is 36.0 Å². The molecule has 1 aromatic heterocycles. The molecule has 6 heteroatoms. The lowest BCUT2D eigenvalue weighted by Gasteiger charge is -2.41. The van der Waals surface area contributed by atoms with Gasteiger partial charge in [0.1, 0.15) is 0 Å². The Balaban J connectivity index is 1.46. The maximum Gasteiger partial charge on any atom is 0.321 e. The number of fused-ring (bicyclic) bond motifs is 1. The molecule has 0 spiro atoms. The van der Waals surface area contributed by atoms with Crippen molar-refractivity contribution in [2.75, 3.05) is 38.1 Å². The molecule has 1 unspecified atom stereocenters. The molecule has 1 aliphatic carbocycles. The number of rotatable bonds is 5. The van der Waals surface area contributed by atoms with Gasteiger partial charge < -0.3 is 15.3 Å². The number of amides is 2. The smallest absolute Gasteiger partial charge is 0.321 e. The van der Waals surface area contributed by atoms with Crippen molar-refractivity contribution in [3.63, 3.8) is 0 Å². The van der Waals surface area contributed by atoms with Crippen molar-refractivity contribution in [1.82, 2.24) is 14.8 Å². The number of aromatic nitrogens is 1. The van der Waals surface area contributed by atoms with Crippen molar-refractivity contribution in [1.29, 1.82) is 0 Å². The molecule has 1 atom stereocenters. The Kier molecular flexibility index (Phi) is 5.27. The van der Waals surface area contributed by atoms with Gasteiger partial charge in [-0.15, -0.1) is 0 Å². The van der Waals surface area contributed by atoms with E-state index in [0.29, 0.717) is 13.0 Å². The van der Waals surface area contributed by atoms with Crippen molar-refractivity contribution in [3.8, 4) is 0 Å². The summed E-state index contributed by atoms with van der Waals surface area (Å²) in [5.74, 6) is 0.818. The van der Waals surface area contributed by atoms with Crippen LogP contribution in [-0.2, 0) is 0 Å². The zero-order valence-electron chi connectivity index (χ0n) is 15.9. The van der Waals surface area contributed by atoms with Crippen LogP contribution in [0, 0.1) is 12.8 Å². The first kappa shape index (κ1) is 18.2. The van der Waals surface area contributed by atoms with Crippen LogP contribution in [0.1, 0.15) is 24.8 Å². The Morgan fingerprint density at radius 2 is 2.15 bits per heavy atom. The molecule has 0 radical (unpaired) electrons. The lowest BCUT2D eigenvalue weighted by atomic mass is 10.1. The zero-order chi connectivity index (χ0) is 18.8. The molecule has 1 aromatic carbocycles. The van der Waals surface area contributed by atoms with Crippen LogP contribution in [0.5, 0.6) is 0 Å². The predicted molar refractivity (Wildman–Crippen MR) is 107 cm³/mol. The van der Waals surface area contributed by atoms with Crippen LogP contribution in [-0.4, -0.2) is 64.7 Å². The molecule has 6 nitrogen and oxygen atoms in total. The second kappa shape index (κ2) is 7.82. The number of nitrogens with zero attached hydrogens (tertiary/aromatic N) is 3. The van der Waals surface area contributed by atoms with Gasteiger partial charge in [0.2, 0.25) is 0 Å². The number of piperazine rings is 1. The SMILES string of the molecule is Cc1ccc(NC(=O)N2CCN(CC3CC3)C(CCO)C2)c2cccnc12. The largest absolute Gasteiger partial charge is 0.396 e. The van der Waals surface area contributed by atoms with E-state index in [9.17, 15) is 9.90 Å². The van der Waals surface area contributed by atoms with E-state index in [1.807, 2.05) is 36.1 Å². The van der Waals surface area contributed by atoms with Gasteiger partial charge in [0.05, 0.1) is 11.2 Å². The molecule has 0 bridgehead atoms. The lowest BCUT2D eigenvalue weighted by Crippen LogP contribution is -2.56. The van der Waals surface area contributed by atoms with Crippen LogP contribution in [0.25, 0.3) is 10.9 Å². The van der Waals surface area contributed by atoms with Crippen molar-refractivity contribution in [2.24, 2.45) is 5.92 Å². The third-order valence-corrected chi connectivity index (χ3v) is 5.76. The second-order valence-electron chi connectivity index (χ2n) is 7.81. The number of anilines is 1. The standard InChI is InChI=1S/C21H28N4O2/c1-15-4-7-19(18-3-2-9-22-20(15)18)23-21(27)25-11-10-24(13-16-5-6-16)17(14-25)8-12-26/h2-4,7,9,16-17,26H,5-6,8,10-14H2,1H3,(H,23,27). The number of carbonyl (C=O) groups excluding carboxylic acids is 1. The number of hydrogen-bond donors (Lipinski definition) is 2. The van der Waals surface area contributed by atoms with E-state index in [2.05, 4.69) is 15.2 Å². The average molecular weight is 368 g/mol. The highest BCUT2D eigenvalue weighted by atomic mass is 16.3. The second-order valence-corrected chi connectivity index (χ2v) is 7.81. The summed E-state index contributed by atoms with van der Waals surface area (Å²) < 4.78 is 0. The minimum atomic E-state index is -0.0713. The van der Waals surface area contributed by atoms with Gasteiger partial charge >= 0.3 is 6.03 Å². The number of carbonyl (C=O) groups is 1. The van der Waals surface area contributed by atoms with E-state index in [4.69, 9.17) is 0 Å². The lowest BCUT2D eigenvalue weighted by molar-refractivity contribution is 0.0739. The quantitative estimate of drug-likeness (QED) is 0.852. The highest BCUT2D eigenvalue weighted by molar-refractivity contribution is 6.01. The Hall–Kier alpha value is -2.18. The first-order chi connectivity index (χ1) is 13.2. The summed E-state index contributed by atoms with van der Waals surface area (Å²) in [6.07, 6.45) is 5.13. The summed E-state index contributed by atoms with van der Waals surface area (Å²) in [7, 11) is 0. The summed E-state index contributed by atoms with van der Waals surface area (Å²) in [5.41, 5.74) is 2.82. The Morgan fingerprint density at radius 1 is 1.30 bits per heavy atom. The highest BCUT2D eigenvalue weighted by Crippen LogP contribution is 2.31. The van der Waals surface area contributed by atoms with Gasteiger partial charge in [-0.2, -0.15) is 0 Å². The van der Waals surface area contributed by atoms with Gasteiger partial charge in [-0.25, -0.2) is 4.79 Å². The Bertz CT molecular complexity index is 821. The first-order valence-corrected chi connectivity index (χ1v) is 9.91. The zero-order valence-corrected chi connectivity index (χ0v) is 15.9. The maximum atomic E-state index is 12.9. The summed E-state index contributed by atoms with van der Waals surface area (Å²) >= 11 is 0. The number of aryl methyl sites for hydroxylation is 1. The topological polar surface area (TPSA) is 68.7 Å². The molecule has 2 fully saturated rings. The Morgan fingerprint density at radius 3 is 2.93 bits per heavy atom. The van der Waals surface area contributed by atoms with Crippen molar-refractivity contribution in [2.45, 2.75) is 32.2 Å². The third-order valence-electron chi connectivity index (χ3n) is 5.76. The monoisotopic (exact) mass is 368 g/mol. The molecule has 2 aromatic rings. The molecule has 2 aliphatic rings. The molecule has 1 saturated carbocycles. The summed E-state index contributed by atoms with van der Waals surface area (Å²) in [6, 6.07) is 8.00. The van der Waals surface area contributed by atoms with Crippen LogP contribution in [0.15, 0.2) is 30.5 Å². The molecule has 1 aliphatic heterocycles. The van der Waals surface area contributed by atoms with Crippen LogP contribution in [0.4, 0.5) is 10.5 Å². The van der Waals surface area contributed by atoms with Gasteiger partial charge in [0.25, 0.3) is 0 Å². The normalized spacial score (nSPS) is 20.8. The van der Waals surface area contributed by atoms with E-state index in [1.54, 1.807) is 6.20 Å². The third kappa shape index (κ3) is 4.06. The fraction of sp³-hybridized carbons (Fsp3) is 0.524. The highest BCUT2D eigenvalue weighted by Gasteiger charge is 2.33. The number of nitrogens with one attached hydrogen (secondary N) is 1. The minimum Gasteiger partial charge on any atom is -0.396 e. The van der Waals surface area contributed by atoms with Gasteiger partial charge in [0, 0.05) is 50.4 Å². The molecule has 1 saturated heterocycles. The van der Waals surface area contributed by atoms with Crippen molar-refractivity contribution < 1.29 is 9.90 Å². The van der Waals surface area contributed by atoms with E-state index in [-0.39, 0.29) is 18.7 Å². The summed E-state index contributed by atoms with van der Waals surface area (Å²) in [6.45, 7) is 5.57. The first-order valence-electron chi connectivity index (χ1n) is 9.91. The molecular formula is C21H28N4O2. The molecule has 2 N–H and O–H groups in total. The van der Waals surface area contributed by atoms with E-state index in [1.165, 1.54) is 12.8 Å². The van der Waals surface area contributed by atoms with Gasteiger partial charge in [-0.1, -0.05) is 6.07 Å². The maximum absolute atomic E-state index is 12.9. The Labute approximate surface area is 160 Å². The van der Waals surface area contributed by atoms with Gasteiger partial charge in [-0.05, 0) is 55.9 Å². The van der Waals surface area contributed by atoms with E-state index in [0.717, 1.165) is 47.7 Å². The van der Waals surface area contributed by atoms with Crippen LogP contribution in [0.2, 0.25) is 0 Å². The van der Waals surface area contributed by atoms with Crippen LogP contribution < -0.4 is 5.32 Å². The van der Waals surface area contributed by atoms with E-state index < -0.39 is 0 Å². The summed E-state index contributed by atoms with van der Waals surface area (Å²) in [4.78, 5) is 21.7. The number of benzene rings is 1. The van der Waals surface area contributed by atoms with Crippen LogP contribution >= 0.6 is 0 Å². The molecule has 4 rings (SSSR count). The van der Waals surface area contributed by atoms with Gasteiger partial charge in [-0.3, -0.25) is 9.88 Å². The minimum absolute atomic E-state index is 0.0713. The van der Waals surface area contributed by atoms with Crippen molar-refractivity contribution >= 4 is 22.6 Å². The molecule has 144 valence electrons.